The van der Waals surface area contributed by atoms with Gasteiger partial charge in [0.1, 0.15) is 6.26 Å². The summed E-state index contributed by atoms with van der Waals surface area (Å²) in [7, 11) is -0.600. The third kappa shape index (κ3) is 4.01. The molecule has 2 aliphatic carbocycles. The van der Waals surface area contributed by atoms with Crippen molar-refractivity contribution in [2.75, 3.05) is 0 Å². The summed E-state index contributed by atoms with van der Waals surface area (Å²) in [6.07, 6.45) is 18.3. The lowest BCUT2D eigenvalue weighted by Gasteiger charge is -2.25. The Morgan fingerprint density at radius 3 is 2.33 bits per heavy atom. The number of allylic oxidation sites excluding steroid dienone is 8. The van der Waals surface area contributed by atoms with E-state index in [4.69, 9.17) is 9.40 Å². The number of benzene rings is 2. The highest BCUT2D eigenvalue weighted by atomic mass is 31.1. The van der Waals surface area contributed by atoms with Crippen LogP contribution >= 0.6 is 7.92 Å². The molecular weight excluding hydrogens is 385 g/mol. The molecule has 0 radical (unpaired) electrons. The summed E-state index contributed by atoms with van der Waals surface area (Å²) in [5, 5.41) is 2.73. The molecule has 0 amide bonds. The van der Waals surface area contributed by atoms with Gasteiger partial charge in [0.05, 0.1) is 5.69 Å². The van der Waals surface area contributed by atoms with Crippen molar-refractivity contribution in [2.24, 2.45) is 0 Å². The Kier molecular flexibility index (Phi) is 5.59. The Morgan fingerprint density at radius 2 is 1.67 bits per heavy atom. The largest absolute Gasteiger partial charge is 0.444 e. The fraction of sp³-hybridized carbons (Fsp3) is 0.148. The summed E-state index contributed by atoms with van der Waals surface area (Å²) in [5.74, 6) is 0.750. The van der Waals surface area contributed by atoms with Gasteiger partial charge in [0.25, 0.3) is 0 Å². The molecule has 2 aliphatic rings. The summed E-state index contributed by atoms with van der Waals surface area (Å²) >= 11 is 0. The predicted octanol–water partition coefficient (Wildman–Crippen LogP) is 5.95. The average Bonchev–Trinajstić information content (AvgIpc) is 3.46. The minimum Gasteiger partial charge on any atom is -0.444 e. The second kappa shape index (κ2) is 8.81. The van der Waals surface area contributed by atoms with Crippen LogP contribution in [0, 0.1) is 0 Å². The number of aromatic nitrogens is 1. The summed E-state index contributed by atoms with van der Waals surface area (Å²) in [6.45, 7) is 0. The number of oxazole rings is 1. The molecule has 1 atom stereocenters. The molecular formula is C27H24NOP. The highest BCUT2D eigenvalue weighted by molar-refractivity contribution is 7.74. The van der Waals surface area contributed by atoms with Crippen molar-refractivity contribution < 1.29 is 4.42 Å². The fourth-order valence-electron chi connectivity index (χ4n) is 4.07. The van der Waals surface area contributed by atoms with Gasteiger partial charge in [-0.25, -0.2) is 4.98 Å². The van der Waals surface area contributed by atoms with E-state index in [1.165, 1.54) is 21.8 Å². The van der Waals surface area contributed by atoms with Gasteiger partial charge >= 0.3 is 0 Å². The number of hydrogen-bond donors (Lipinski definition) is 0. The van der Waals surface area contributed by atoms with Gasteiger partial charge in [-0.3, -0.25) is 0 Å². The third-order valence-electron chi connectivity index (χ3n) is 5.49. The van der Waals surface area contributed by atoms with Gasteiger partial charge < -0.3 is 4.42 Å². The smallest absolute Gasteiger partial charge is 0.223 e. The van der Waals surface area contributed by atoms with E-state index in [0.29, 0.717) is 0 Å². The van der Waals surface area contributed by atoms with E-state index in [2.05, 4.69) is 97.1 Å². The number of rotatable bonds is 6. The van der Waals surface area contributed by atoms with Gasteiger partial charge in [0.15, 0.2) is 0 Å². The molecule has 1 unspecified atom stereocenters. The summed E-state index contributed by atoms with van der Waals surface area (Å²) in [5.41, 5.74) is 3.75. The molecule has 1 aromatic heterocycles. The van der Waals surface area contributed by atoms with Crippen LogP contribution in [0.2, 0.25) is 0 Å². The molecule has 148 valence electrons. The lowest BCUT2D eigenvalue weighted by molar-refractivity contribution is 0.540. The van der Waals surface area contributed by atoms with E-state index < -0.39 is 7.92 Å². The van der Waals surface area contributed by atoms with E-state index in [1.807, 2.05) is 6.26 Å². The van der Waals surface area contributed by atoms with Crippen LogP contribution in [0.5, 0.6) is 0 Å². The minimum atomic E-state index is -0.600. The summed E-state index contributed by atoms with van der Waals surface area (Å²) in [4.78, 5) is 4.87. The molecule has 0 spiro atoms. The van der Waals surface area contributed by atoms with E-state index in [0.717, 1.165) is 30.8 Å². The minimum absolute atomic E-state index is 0.255. The van der Waals surface area contributed by atoms with Crippen molar-refractivity contribution in [3.63, 3.8) is 0 Å². The van der Waals surface area contributed by atoms with Crippen molar-refractivity contribution in [1.29, 1.82) is 0 Å². The van der Waals surface area contributed by atoms with E-state index in [-0.39, 0.29) is 5.66 Å². The molecule has 3 aromatic rings. The second-order valence-electron chi connectivity index (χ2n) is 7.57. The maximum absolute atomic E-state index is 5.98. The van der Waals surface area contributed by atoms with Crippen LogP contribution in [0.1, 0.15) is 24.4 Å². The van der Waals surface area contributed by atoms with Crippen molar-refractivity contribution in [3.8, 4) is 0 Å². The zero-order chi connectivity index (χ0) is 20.2. The molecule has 0 bridgehead atoms. The van der Waals surface area contributed by atoms with Crippen molar-refractivity contribution >= 4 is 24.1 Å². The lowest BCUT2D eigenvalue weighted by Crippen LogP contribution is -2.20. The monoisotopic (exact) mass is 409 g/mol. The van der Waals surface area contributed by atoms with Crippen LogP contribution < -0.4 is 10.6 Å². The van der Waals surface area contributed by atoms with Gasteiger partial charge in [0.2, 0.25) is 5.89 Å². The van der Waals surface area contributed by atoms with Gasteiger partial charge in [-0.2, -0.15) is 0 Å². The van der Waals surface area contributed by atoms with Gasteiger partial charge in [-0.1, -0.05) is 97.1 Å². The fourth-order valence-corrected chi connectivity index (χ4v) is 6.74. The van der Waals surface area contributed by atoms with Crippen molar-refractivity contribution in [3.05, 3.63) is 121 Å². The Hall–Kier alpha value is -2.96. The predicted molar refractivity (Wildman–Crippen MR) is 127 cm³/mol. The van der Waals surface area contributed by atoms with Crippen LogP contribution in [0.3, 0.4) is 0 Å². The Bertz CT molecular complexity index is 1080. The third-order valence-corrected chi connectivity index (χ3v) is 8.21. The van der Waals surface area contributed by atoms with Crippen LogP contribution in [0.4, 0.5) is 0 Å². The molecule has 2 aromatic carbocycles. The normalized spacial score (nSPS) is 18.0. The van der Waals surface area contributed by atoms with Crippen LogP contribution in [0.15, 0.2) is 113 Å². The zero-order valence-corrected chi connectivity index (χ0v) is 17.7. The molecule has 0 fully saturated rings. The number of hydrogen-bond acceptors (Lipinski definition) is 2. The van der Waals surface area contributed by atoms with Gasteiger partial charge in [-0.05, 0) is 36.9 Å². The Morgan fingerprint density at radius 1 is 0.933 bits per heavy atom. The molecule has 5 rings (SSSR count). The second-order valence-corrected chi connectivity index (χ2v) is 9.90. The molecule has 30 heavy (non-hydrogen) atoms. The first kappa shape index (κ1) is 19.0. The van der Waals surface area contributed by atoms with E-state index in [1.54, 1.807) is 0 Å². The lowest BCUT2D eigenvalue weighted by atomic mass is 10.0. The molecule has 0 aliphatic heterocycles. The Balaban J connectivity index is 1.45. The maximum Gasteiger partial charge on any atom is 0.223 e. The SMILES string of the molecule is C1=CC(P(c2ccccc2)c2ccccc2)C(c2nc(CC3=CCCC=C3)co2)=C1. The van der Waals surface area contributed by atoms with E-state index in [9.17, 15) is 0 Å². The first-order chi connectivity index (χ1) is 14.9. The van der Waals surface area contributed by atoms with E-state index >= 15 is 0 Å². The highest BCUT2D eigenvalue weighted by Gasteiger charge is 2.30. The first-order valence-corrected chi connectivity index (χ1v) is 11.9. The molecule has 0 saturated carbocycles. The van der Waals surface area contributed by atoms with Crippen LogP contribution in [-0.2, 0) is 6.42 Å². The summed E-state index contributed by atoms with van der Waals surface area (Å²) < 4.78 is 5.98. The van der Waals surface area contributed by atoms with Gasteiger partial charge in [0, 0.05) is 17.7 Å². The highest BCUT2D eigenvalue weighted by Crippen LogP contribution is 2.48. The topological polar surface area (TPSA) is 26.0 Å². The zero-order valence-electron chi connectivity index (χ0n) is 16.8. The standard InChI is InChI=1S/C27H24NOP/c1-4-11-21(12-5-1)19-22-20-29-27(28-22)25-17-10-18-26(25)30(23-13-6-2-7-14-23)24-15-8-3-9-16-24/h2-4,6-18,20,26H,1,5,19H2. The molecule has 0 N–H and O–H groups in total. The van der Waals surface area contributed by atoms with Crippen molar-refractivity contribution in [2.45, 2.75) is 24.9 Å². The number of nitrogens with zero attached hydrogens (tertiary/aromatic N) is 1. The maximum atomic E-state index is 5.98. The average molecular weight is 409 g/mol. The van der Waals surface area contributed by atoms with Crippen LogP contribution in [-0.4, -0.2) is 10.6 Å². The molecule has 1 heterocycles. The quantitative estimate of drug-likeness (QED) is 0.470. The molecule has 2 nitrogen and oxygen atoms in total. The first-order valence-electron chi connectivity index (χ1n) is 10.5. The van der Waals surface area contributed by atoms with Crippen molar-refractivity contribution in [1.82, 2.24) is 4.98 Å². The Labute approximate surface area is 179 Å². The van der Waals surface area contributed by atoms with Crippen LogP contribution in [0.25, 0.3) is 5.57 Å². The molecule has 3 heteroatoms. The van der Waals surface area contributed by atoms with Gasteiger partial charge in [-0.15, -0.1) is 0 Å². The summed E-state index contributed by atoms with van der Waals surface area (Å²) in [6, 6.07) is 21.6. The molecule has 0 saturated heterocycles.